The molecule has 1 fully saturated rings. The van der Waals surface area contributed by atoms with Gasteiger partial charge in [0.15, 0.2) is 0 Å². The summed E-state index contributed by atoms with van der Waals surface area (Å²) in [4.78, 5) is 21.6. The van der Waals surface area contributed by atoms with Crippen LogP contribution in [0.25, 0.3) is 11.0 Å². The Morgan fingerprint density at radius 1 is 1.22 bits per heavy atom. The van der Waals surface area contributed by atoms with Crippen molar-refractivity contribution in [3.8, 4) is 0 Å². The Balaban J connectivity index is 1.86. The van der Waals surface area contributed by atoms with Gasteiger partial charge in [0, 0.05) is 55.9 Å². The fourth-order valence-corrected chi connectivity index (χ4v) is 5.08. The number of nitrogens with zero attached hydrogens (tertiary/aromatic N) is 4. The predicted molar refractivity (Wildman–Crippen MR) is 119 cm³/mol. The van der Waals surface area contributed by atoms with Gasteiger partial charge in [0.1, 0.15) is 5.65 Å². The highest BCUT2D eigenvalue weighted by atomic mass is 32.2. The highest BCUT2D eigenvalue weighted by molar-refractivity contribution is 7.88. The van der Waals surface area contributed by atoms with Crippen molar-refractivity contribution < 1.29 is 26.5 Å². The molecule has 1 aliphatic rings. The minimum Gasteiger partial charge on any atom is -0.396 e. The number of piperidine rings is 1. The molecule has 12 nitrogen and oxygen atoms in total. The first-order valence-corrected chi connectivity index (χ1v) is 13.6. The number of hydrogen-bond donors (Lipinski definition) is 3. The number of rotatable bonds is 9. The second-order valence-electron chi connectivity index (χ2n) is 7.79. The molecule has 1 aliphatic heterocycles. The van der Waals surface area contributed by atoms with Gasteiger partial charge in [-0.1, -0.05) is 0 Å². The van der Waals surface area contributed by atoms with Crippen LogP contribution < -0.4 is 10.9 Å². The molecule has 0 unspecified atom stereocenters. The molecular formula is C18H27N5O7S2. The van der Waals surface area contributed by atoms with Crippen molar-refractivity contribution in [1.82, 2.24) is 18.8 Å². The third-order valence-electron chi connectivity index (χ3n) is 5.32. The largest absolute Gasteiger partial charge is 0.396 e. The van der Waals surface area contributed by atoms with E-state index in [9.17, 15) is 26.7 Å². The van der Waals surface area contributed by atoms with Crippen molar-refractivity contribution in [2.24, 2.45) is 0 Å². The molecule has 0 saturated carbocycles. The maximum Gasteiger partial charge on any atom is 0.264 e. The van der Waals surface area contributed by atoms with Gasteiger partial charge >= 0.3 is 0 Å². The van der Waals surface area contributed by atoms with E-state index < -0.39 is 31.5 Å². The van der Waals surface area contributed by atoms with Gasteiger partial charge in [0.2, 0.25) is 16.0 Å². The lowest BCUT2D eigenvalue weighted by molar-refractivity contribution is 0.299. The quantitative estimate of drug-likeness (QED) is 0.388. The fraction of sp³-hybridized carbons (Fsp3) is 0.611. The molecule has 1 saturated heterocycles. The summed E-state index contributed by atoms with van der Waals surface area (Å²) in [6.45, 7) is 0.555. The number of nitrogens with one attached hydrogen (secondary N) is 1. The number of sulfonamides is 1. The zero-order valence-electron chi connectivity index (χ0n) is 17.6. The summed E-state index contributed by atoms with van der Waals surface area (Å²) < 4.78 is 57.2. The number of fused-ring (bicyclic) bond motifs is 1. The maximum absolute atomic E-state index is 12.9. The van der Waals surface area contributed by atoms with Crippen LogP contribution in [0.2, 0.25) is 0 Å². The van der Waals surface area contributed by atoms with E-state index in [4.69, 9.17) is 4.55 Å². The monoisotopic (exact) mass is 489 g/mol. The first-order chi connectivity index (χ1) is 15.0. The van der Waals surface area contributed by atoms with Crippen LogP contribution in [0.1, 0.15) is 24.8 Å². The summed E-state index contributed by atoms with van der Waals surface area (Å²) in [5, 5.41) is 13.0. The first kappa shape index (κ1) is 24.5. The minimum atomic E-state index is -4.17. The second-order valence-corrected chi connectivity index (χ2v) is 11.3. The zero-order chi connectivity index (χ0) is 23.5. The van der Waals surface area contributed by atoms with E-state index in [0.717, 1.165) is 0 Å². The topological polar surface area (TPSA) is 172 Å². The SMILES string of the molecule is CS(=O)(=O)N1CCC(Nc2ncc3cc(CCO)c(=O)n(CCCS(=O)(=O)O)c3n2)CC1. The van der Waals surface area contributed by atoms with Crippen LogP contribution in [0, 0.1) is 0 Å². The number of aliphatic hydroxyl groups excluding tert-OH is 1. The van der Waals surface area contributed by atoms with Crippen LogP contribution >= 0.6 is 0 Å². The number of pyridine rings is 1. The van der Waals surface area contributed by atoms with Gasteiger partial charge in [-0.15, -0.1) is 0 Å². The van der Waals surface area contributed by atoms with Crippen molar-refractivity contribution in [2.75, 3.05) is 37.0 Å². The molecule has 2 aromatic heterocycles. The number of aliphatic hydroxyl groups is 1. The Bertz CT molecular complexity index is 1240. The molecule has 3 heterocycles. The molecule has 178 valence electrons. The van der Waals surface area contributed by atoms with E-state index in [0.29, 0.717) is 42.5 Å². The molecule has 3 rings (SSSR count). The molecule has 0 bridgehead atoms. The van der Waals surface area contributed by atoms with Crippen molar-refractivity contribution in [1.29, 1.82) is 0 Å². The highest BCUT2D eigenvalue weighted by Gasteiger charge is 2.25. The van der Waals surface area contributed by atoms with Crippen molar-refractivity contribution in [3.63, 3.8) is 0 Å². The van der Waals surface area contributed by atoms with Gasteiger partial charge in [0.25, 0.3) is 15.7 Å². The van der Waals surface area contributed by atoms with E-state index in [-0.39, 0.29) is 38.0 Å². The Morgan fingerprint density at radius 2 is 1.91 bits per heavy atom. The smallest absolute Gasteiger partial charge is 0.264 e. The van der Waals surface area contributed by atoms with E-state index in [1.54, 1.807) is 6.07 Å². The molecule has 0 aromatic carbocycles. The lowest BCUT2D eigenvalue weighted by atomic mass is 10.1. The summed E-state index contributed by atoms with van der Waals surface area (Å²) in [6, 6.07) is 1.56. The molecular weight excluding hydrogens is 462 g/mol. The molecule has 0 atom stereocenters. The third kappa shape index (κ3) is 6.22. The Hall–Kier alpha value is -2.13. The zero-order valence-corrected chi connectivity index (χ0v) is 19.3. The van der Waals surface area contributed by atoms with Gasteiger partial charge in [-0.2, -0.15) is 13.4 Å². The number of anilines is 1. The third-order valence-corrected chi connectivity index (χ3v) is 7.43. The normalized spacial score (nSPS) is 16.5. The van der Waals surface area contributed by atoms with Crippen LogP contribution in [0.5, 0.6) is 0 Å². The van der Waals surface area contributed by atoms with Gasteiger partial charge < -0.3 is 10.4 Å². The summed E-state index contributed by atoms with van der Waals surface area (Å²) >= 11 is 0. The van der Waals surface area contributed by atoms with Crippen molar-refractivity contribution in [2.45, 2.75) is 38.3 Å². The average Bonchev–Trinajstić information content (AvgIpc) is 2.70. The van der Waals surface area contributed by atoms with Gasteiger partial charge in [-0.25, -0.2) is 17.7 Å². The van der Waals surface area contributed by atoms with E-state index in [1.807, 2.05) is 0 Å². The highest BCUT2D eigenvalue weighted by Crippen LogP contribution is 2.18. The minimum absolute atomic E-state index is 0.00708. The van der Waals surface area contributed by atoms with E-state index in [2.05, 4.69) is 15.3 Å². The second kappa shape index (κ2) is 9.79. The first-order valence-electron chi connectivity index (χ1n) is 10.1. The Labute approximate surface area is 186 Å². The predicted octanol–water partition coefficient (Wildman–Crippen LogP) is -0.560. The number of aryl methyl sites for hydroxylation is 1. The van der Waals surface area contributed by atoms with Gasteiger partial charge in [-0.3, -0.25) is 13.9 Å². The van der Waals surface area contributed by atoms with Crippen LogP contribution in [0.4, 0.5) is 5.95 Å². The summed E-state index contributed by atoms with van der Waals surface area (Å²) in [5.41, 5.74) is 0.260. The van der Waals surface area contributed by atoms with Gasteiger partial charge in [-0.05, 0) is 25.3 Å². The summed E-state index contributed by atoms with van der Waals surface area (Å²) in [5.74, 6) is -0.228. The van der Waals surface area contributed by atoms with Crippen LogP contribution in [0.15, 0.2) is 17.1 Å². The van der Waals surface area contributed by atoms with Crippen LogP contribution in [-0.2, 0) is 33.1 Å². The van der Waals surface area contributed by atoms with E-state index in [1.165, 1.54) is 21.3 Å². The molecule has 32 heavy (non-hydrogen) atoms. The summed E-state index contributed by atoms with van der Waals surface area (Å²) in [6.07, 6.45) is 4.00. The lowest BCUT2D eigenvalue weighted by Gasteiger charge is -2.30. The molecule has 0 radical (unpaired) electrons. The van der Waals surface area contributed by atoms with Crippen molar-refractivity contribution in [3.05, 3.63) is 28.2 Å². The van der Waals surface area contributed by atoms with Crippen LogP contribution in [0.3, 0.4) is 0 Å². The lowest BCUT2D eigenvalue weighted by Crippen LogP contribution is -2.42. The summed E-state index contributed by atoms with van der Waals surface area (Å²) in [7, 11) is -7.40. The Morgan fingerprint density at radius 3 is 2.50 bits per heavy atom. The Kier molecular flexibility index (Phi) is 7.50. The average molecular weight is 490 g/mol. The van der Waals surface area contributed by atoms with Crippen LogP contribution in [-0.4, -0.2) is 83.1 Å². The number of aromatic nitrogens is 3. The molecule has 0 aliphatic carbocycles. The maximum atomic E-state index is 12.9. The molecule has 3 N–H and O–H groups in total. The molecule has 2 aromatic rings. The molecule has 14 heteroatoms. The standard InChI is InChI=1S/C18H27N5O7S2/c1-31(26,27)22-7-3-15(4-8-22)20-18-19-12-14-11-13(5-9-24)17(25)23(16(14)21-18)6-2-10-32(28,29)30/h11-12,15,24H,2-10H2,1H3,(H,19,20,21)(H,28,29,30). The van der Waals surface area contributed by atoms with E-state index >= 15 is 0 Å². The van der Waals surface area contributed by atoms with Crippen molar-refractivity contribution >= 4 is 37.1 Å². The number of hydrogen-bond acceptors (Lipinski definition) is 9. The van der Waals surface area contributed by atoms with Gasteiger partial charge in [0.05, 0.1) is 12.0 Å². The molecule has 0 amide bonds. The molecule has 0 spiro atoms. The fourth-order valence-electron chi connectivity index (χ4n) is 3.72.